The molecule has 0 saturated heterocycles. The molecule has 1 heterocycles. The van der Waals surface area contributed by atoms with Gasteiger partial charge in [-0.15, -0.1) is 0 Å². The first-order valence-electron chi connectivity index (χ1n) is 7.00. The van der Waals surface area contributed by atoms with Gasteiger partial charge < -0.3 is 9.47 Å². The Kier molecular flexibility index (Phi) is 4.66. The minimum atomic E-state index is -4.73. The third-order valence-corrected chi connectivity index (χ3v) is 4.40. The lowest BCUT2D eigenvalue weighted by molar-refractivity contribution is -0.188. The van der Waals surface area contributed by atoms with Gasteiger partial charge in [0.25, 0.3) is 0 Å². The molecule has 0 amide bonds. The summed E-state index contributed by atoms with van der Waals surface area (Å²) in [6, 6.07) is 0. The fraction of sp³-hybridized carbons (Fsp3) is 0.438. The van der Waals surface area contributed by atoms with E-state index in [9.17, 15) is 18.0 Å². The van der Waals surface area contributed by atoms with E-state index < -0.39 is 23.8 Å². The number of hydrogen-bond donors (Lipinski definition) is 0. The maximum Gasteiger partial charge on any atom is 0.430 e. The Labute approximate surface area is 137 Å². The Morgan fingerprint density at radius 2 is 1.87 bits per heavy atom. The molecular weight excluding hydrogens is 333 g/mol. The van der Waals surface area contributed by atoms with Crippen LogP contribution in [-0.2, 0) is 9.53 Å². The maximum atomic E-state index is 13.3. The number of ether oxygens (including phenoxy) is 2. The molecule has 1 aliphatic rings. The Hall–Kier alpha value is -1.69. The van der Waals surface area contributed by atoms with Crippen molar-refractivity contribution in [3.05, 3.63) is 32.8 Å². The van der Waals surface area contributed by atoms with Gasteiger partial charge in [0.1, 0.15) is 5.75 Å². The van der Waals surface area contributed by atoms with Crippen molar-refractivity contribution in [2.24, 2.45) is 0 Å². The summed E-state index contributed by atoms with van der Waals surface area (Å²) in [5, 5.41) is 0.440. The fourth-order valence-corrected chi connectivity index (χ4v) is 2.71. The second kappa shape index (κ2) is 6.07. The summed E-state index contributed by atoms with van der Waals surface area (Å²) in [7, 11) is 0. The number of hydrogen-bond acceptors (Lipinski definition) is 3. The third-order valence-electron chi connectivity index (χ3n) is 3.84. The zero-order valence-electron chi connectivity index (χ0n) is 13.1. The van der Waals surface area contributed by atoms with Gasteiger partial charge in [-0.1, -0.05) is 11.6 Å². The first-order chi connectivity index (χ1) is 10.6. The molecule has 1 aliphatic heterocycles. The van der Waals surface area contributed by atoms with Crippen LogP contribution in [0, 0.1) is 20.8 Å². The van der Waals surface area contributed by atoms with Gasteiger partial charge in [0.05, 0.1) is 12.2 Å². The van der Waals surface area contributed by atoms with Gasteiger partial charge in [0, 0.05) is 10.6 Å². The predicted molar refractivity (Wildman–Crippen MR) is 80.7 cm³/mol. The molecule has 1 unspecified atom stereocenters. The van der Waals surface area contributed by atoms with Crippen molar-refractivity contribution in [1.29, 1.82) is 0 Å². The highest BCUT2D eigenvalue weighted by Gasteiger charge is 2.49. The SMILES string of the molecule is CCOC(=O)C1=Cc2c(C)c(Cl)c(C)c(C)c2OC1C(F)(F)F. The van der Waals surface area contributed by atoms with Crippen LogP contribution in [0.15, 0.2) is 5.57 Å². The van der Waals surface area contributed by atoms with Crippen molar-refractivity contribution < 1.29 is 27.4 Å². The quantitative estimate of drug-likeness (QED) is 0.736. The molecule has 0 aromatic heterocycles. The van der Waals surface area contributed by atoms with Crippen molar-refractivity contribution in [1.82, 2.24) is 0 Å². The lowest BCUT2D eigenvalue weighted by Crippen LogP contribution is -2.41. The molecule has 23 heavy (non-hydrogen) atoms. The molecule has 0 spiro atoms. The minimum Gasteiger partial charge on any atom is -0.475 e. The summed E-state index contributed by atoms with van der Waals surface area (Å²) in [4.78, 5) is 11.9. The molecule has 126 valence electrons. The molecule has 0 N–H and O–H groups in total. The smallest absolute Gasteiger partial charge is 0.430 e. The largest absolute Gasteiger partial charge is 0.475 e. The summed E-state index contributed by atoms with van der Waals surface area (Å²) < 4.78 is 49.8. The summed E-state index contributed by atoms with van der Waals surface area (Å²) in [6.45, 7) is 6.51. The van der Waals surface area contributed by atoms with Crippen LogP contribution < -0.4 is 4.74 Å². The van der Waals surface area contributed by atoms with Gasteiger partial charge in [-0.25, -0.2) is 4.79 Å². The molecule has 0 bridgehead atoms. The number of fused-ring (bicyclic) bond motifs is 1. The second-order valence-electron chi connectivity index (χ2n) is 5.29. The molecule has 3 nitrogen and oxygen atoms in total. The third kappa shape index (κ3) is 3.04. The number of carbonyl (C=O) groups excluding carboxylic acids is 1. The van der Waals surface area contributed by atoms with E-state index in [0.29, 0.717) is 27.3 Å². The van der Waals surface area contributed by atoms with Crippen LogP contribution in [0.3, 0.4) is 0 Å². The molecule has 2 rings (SSSR count). The zero-order chi connectivity index (χ0) is 17.5. The van der Waals surface area contributed by atoms with Crippen molar-refractivity contribution in [2.45, 2.75) is 40.0 Å². The van der Waals surface area contributed by atoms with Crippen molar-refractivity contribution in [3.63, 3.8) is 0 Å². The molecule has 0 radical (unpaired) electrons. The van der Waals surface area contributed by atoms with Gasteiger partial charge in [-0.05, 0) is 50.5 Å². The Bertz CT molecular complexity index is 693. The van der Waals surface area contributed by atoms with Crippen LogP contribution in [0.2, 0.25) is 5.02 Å². The average Bonchev–Trinajstić information content (AvgIpc) is 2.48. The molecular formula is C16H16ClF3O3. The van der Waals surface area contributed by atoms with E-state index in [0.717, 1.165) is 0 Å². The molecule has 1 aromatic carbocycles. The Morgan fingerprint density at radius 3 is 2.39 bits per heavy atom. The van der Waals surface area contributed by atoms with E-state index in [4.69, 9.17) is 21.1 Å². The topological polar surface area (TPSA) is 35.5 Å². The van der Waals surface area contributed by atoms with E-state index in [-0.39, 0.29) is 12.4 Å². The van der Waals surface area contributed by atoms with Crippen LogP contribution in [-0.4, -0.2) is 24.9 Å². The predicted octanol–water partition coefficient (Wildman–Crippen LogP) is 4.54. The van der Waals surface area contributed by atoms with Gasteiger partial charge >= 0.3 is 12.1 Å². The highest BCUT2D eigenvalue weighted by atomic mass is 35.5. The second-order valence-corrected chi connectivity index (χ2v) is 5.67. The summed E-state index contributed by atoms with van der Waals surface area (Å²) in [6.07, 6.45) is -5.92. The van der Waals surface area contributed by atoms with Gasteiger partial charge in [-0.3, -0.25) is 0 Å². The molecule has 1 aromatic rings. The molecule has 0 saturated carbocycles. The highest BCUT2D eigenvalue weighted by molar-refractivity contribution is 6.32. The van der Waals surface area contributed by atoms with Crippen LogP contribution in [0.4, 0.5) is 13.2 Å². The monoisotopic (exact) mass is 348 g/mol. The maximum absolute atomic E-state index is 13.3. The molecule has 1 atom stereocenters. The van der Waals surface area contributed by atoms with Crippen molar-refractivity contribution in [3.8, 4) is 5.75 Å². The number of esters is 1. The Morgan fingerprint density at radius 1 is 1.26 bits per heavy atom. The summed E-state index contributed by atoms with van der Waals surface area (Å²) >= 11 is 6.21. The molecule has 0 aliphatic carbocycles. The minimum absolute atomic E-state index is 0.0275. The van der Waals surface area contributed by atoms with Crippen LogP contribution in [0.5, 0.6) is 5.75 Å². The lowest BCUT2D eigenvalue weighted by atomic mass is 9.93. The first kappa shape index (κ1) is 17.7. The van der Waals surface area contributed by atoms with Crippen LogP contribution in [0.1, 0.15) is 29.2 Å². The first-order valence-corrected chi connectivity index (χ1v) is 7.38. The number of benzene rings is 1. The van der Waals surface area contributed by atoms with Crippen LogP contribution >= 0.6 is 11.6 Å². The van der Waals surface area contributed by atoms with E-state index in [1.165, 1.54) is 13.0 Å². The van der Waals surface area contributed by atoms with E-state index in [1.54, 1.807) is 20.8 Å². The summed E-state index contributed by atoms with van der Waals surface area (Å²) in [5.74, 6) is -0.950. The van der Waals surface area contributed by atoms with Gasteiger partial charge in [0.15, 0.2) is 0 Å². The van der Waals surface area contributed by atoms with Crippen LogP contribution in [0.25, 0.3) is 6.08 Å². The summed E-state index contributed by atoms with van der Waals surface area (Å²) in [5.41, 5.74) is 1.53. The molecule has 0 fully saturated rings. The zero-order valence-corrected chi connectivity index (χ0v) is 13.9. The average molecular weight is 349 g/mol. The number of rotatable bonds is 2. The van der Waals surface area contributed by atoms with E-state index in [2.05, 4.69) is 0 Å². The highest BCUT2D eigenvalue weighted by Crippen LogP contribution is 2.44. The number of alkyl halides is 3. The number of carbonyl (C=O) groups is 1. The standard InChI is InChI=1S/C16H16ClF3O3/c1-5-22-15(21)11-6-10-9(4)12(17)7(2)8(3)13(10)23-14(11)16(18,19)20/h6,14H,5H2,1-4H3. The lowest BCUT2D eigenvalue weighted by Gasteiger charge is -2.30. The fourth-order valence-electron chi connectivity index (χ4n) is 2.47. The van der Waals surface area contributed by atoms with Gasteiger partial charge in [-0.2, -0.15) is 13.2 Å². The number of halogens is 4. The van der Waals surface area contributed by atoms with E-state index in [1.807, 2.05) is 0 Å². The van der Waals surface area contributed by atoms with E-state index >= 15 is 0 Å². The van der Waals surface area contributed by atoms with Gasteiger partial charge in [0.2, 0.25) is 6.10 Å². The normalized spacial score (nSPS) is 17.2. The Balaban J connectivity index is 2.70. The van der Waals surface area contributed by atoms with Crippen molar-refractivity contribution in [2.75, 3.05) is 6.61 Å². The molecule has 7 heteroatoms. The van der Waals surface area contributed by atoms with Crippen molar-refractivity contribution >= 4 is 23.6 Å².